The van der Waals surface area contributed by atoms with Crippen LogP contribution in [0, 0.1) is 0 Å². The van der Waals surface area contributed by atoms with E-state index in [1.54, 1.807) is 0 Å². The number of carboxylic acid groups (broad SMARTS) is 1. The summed E-state index contributed by atoms with van der Waals surface area (Å²) in [6.07, 6.45) is 1.44. The summed E-state index contributed by atoms with van der Waals surface area (Å²) in [7, 11) is 0. The molecule has 1 saturated heterocycles. The second-order valence-electron chi connectivity index (χ2n) is 2.83. The molecule has 1 heterocycles. The van der Waals surface area contributed by atoms with Crippen molar-refractivity contribution in [3.05, 3.63) is 0 Å². The molecule has 7 heteroatoms. The van der Waals surface area contributed by atoms with E-state index in [1.165, 1.54) is 0 Å². The van der Waals surface area contributed by atoms with E-state index in [1.807, 2.05) is 0 Å². The molecule has 0 radical (unpaired) electrons. The Balaban J connectivity index is 0.000000265. The number of hydrogen-bond donors (Lipinski definition) is 3. The fraction of sp³-hybridized carbons (Fsp3) is 0.625. The Morgan fingerprint density at radius 2 is 1.93 bits per heavy atom. The van der Waals surface area contributed by atoms with E-state index in [-0.39, 0.29) is 17.7 Å². The van der Waals surface area contributed by atoms with Crippen molar-refractivity contribution in [1.82, 2.24) is 0 Å². The molecule has 15 heavy (non-hydrogen) atoms. The highest BCUT2D eigenvalue weighted by atomic mass is 32.1. The molecule has 86 valence electrons. The number of thiol groups is 1. The molecule has 6 nitrogen and oxygen atoms in total. The molecule has 1 atom stereocenters. The second kappa shape index (κ2) is 7.24. The third-order valence-corrected chi connectivity index (χ3v) is 1.90. The van der Waals surface area contributed by atoms with Gasteiger partial charge in [0.05, 0.1) is 0 Å². The number of ether oxygens (including phenoxy) is 1. The van der Waals surface area contributed by atoms with Crippen LogP contribution in [0.15, 0.2) is 0 Å². The van der Waals surface area contributed by atoms with Crippen LogP contribution >= 0.6 is 12.6 Å². The maximum atomic E-state index is 10.2. The van der Waals surface area contributed by atoms with Crippen molar-refractivity contribution in [2.45, 2.75) is 25.3 Å². The van der Waals surface area contributed by atoms with Gasteiger partial charge in [0, 0.05) is 18.6 Å². The highest BCUT2D eigenvalue weighted by molar-refractivity contribution is 7.80. The number of aliphatic carboxylic acids is 1. The van der Waals surface area contributed by atoms with Gasteiger partial charge >= 0.3 is 17.9 Å². The summed E-state index contributed by atoms with van der Waals surface area (Å²) in [4.78, 5) is 30.2. The molecule has 0 saturated carbocycles. The summed E-state index contributed by atoms with van der Waals surface area (Å²) in [6.45, 7) is 0. The van der Waals surface area contributed by atoms with Gasteiger partial charge in [0.1, 0.15) is 6.04 Å². The molecule has 0 spiro atoms. The normalized spacial score (nSPS) is 17.2. The number of esters is 2. The van der Waals surface area contributed by atoms with Crippen LogP contribution < -0.4 is 5.73 Å². The SMILES string of the molecule is N[C@@H](CS)C(=O)O.O=C1CCCC(=O)O1. The Kier molecular flexibility index (Phi) is 6.72. The number of nitrogens with two attached hydrogens (primary N) is 1. The lowest BCUT2D eigenvalue weighted by molar-refractivity contribution is -0.163. The molecule has 0 aliphatic carbocycles. The summed E-state index contributed by atoms with van der Waals surface area (Å²) in [5.74, 6) is -1.59. The van der Waals surface area contributed by atoms with Crippen molar-refractivity contribution in [2.24, 2.45) is 5.73 Å². The maximum Gasteiger partial charge on any atom is 0.321 e. The Morgan fingerprint density at radius 3 is 2.07 bits per heavy atom. The van der Waals surface area contributed by atoms with Crippen molar-refractivity contribution >= 4 is 30.5 Å². The van der Waals surface area contributed by atoms with Crippen molar-refractivity contribution in [1.29, 1.82) is 0 Å². The zero-order valence-electron chi connectivity index (χ0n) is 8.01. The van der Waals surface area contributed by atoms with Crippen LogP contribution in [0.25, 0.3) is 0 Å². The summed E-state index contributed by atoms with van der Waals surface area (Å²) in [6, 6.07) is -0.816. The molecule has 0 amide bonds. The Morgan fingerprint density at radius 1 is 1.47 bits per heavy atom. The molecule has 0 aromatic heterocycles. The first-order valence-corrected chi connectivity index (χ1v) is 4.93. The predicted molar refractivity (Wildman–Crippen MR) is 54.4 cm³/mol. The third-order valence-electron chi connectivity index (χ3n) is 1.50. The molecule has 1 fully saturated rings. The number of carbonyl (C=O) groups is 3. The van der Waals surface area contributed by atoms with Crippen LogP contribution in [0.4, 0.5) is 0 Å². The molecule has 1 aliphatic rings. The van der Waals surface area contributed by atoms with E-state index >= 15 is 0 Å². The van der Waals surface area contributed by atoms with E-state index in [9.17, 15) is 14.4 Å². The van der Waals surface area contributed by atoms with Crippen LogP contribution in [0.3, 0.4) is 0 Å². The summed E-state index contributed by atoms with van der Waals surface area (Å²) >= 11 is 3.65. The largest absolute Gasteiger partial charge is 0.480 e. The summed E-state index contributed by atoms with van der Waals surface area (Å²) in [5, 5.41) is 8.01. The van der Waals surface area contributed by atoms with Crippen LogP contribution in [-0.2, 0) is 19.1 Å². The molecule has 3 N–H and O–H groups in total. The zero-order valence-corrected chi connectivity index (χ0v) is 8.90. The summed E-state index contributed by atoms with van der Waals surface area (Å²) in [5.41, 5.74) is 4.94. The van der Waals surface area contributed by atoms with Crippen LogP contribution in [-0.4, -0.2) is 34.8 Å². The Hall–Kier alpha value is -1.08. The maximum absolute atomic E-state index is 10.2. The van der Waals surface area contributed by atoms with Crippen molar-refractivity contribution in [3.63, 3.8) is 0 Å². The minimum atomic E-state index is -1.00. The molecular weight excluding hydrogens is 222 g/mol. The first-order valence-electron chi connectivity index (χ1n) is 4.30. The van der Waals surface area contributed by atoms with Crippen molar-refractivity contribution in [2.75, 3.05) is 5.75 Å². The van der Waals surface area contributed by atoms with Gasteiger partial charge in [-0.1, -0.05) is 0 Å². The molecule has 0 bridgehead atoms. The quantitative estimate of drug-likeness (QED) is 0.340. The van der Waals surface area contributed by atoms with Gasteiger partial charge in [-0.25, -0.2) is 0 Å². The van der Waals surface area contributed by atoms with Gasteiger partial charge in [-0.15, -0.1) is 0 Å². The highest BCUT2D eigenvalue weighted by Crippen LogP contribution is 2.06. The fourth-order valence-corrected chi connectivity index (χ4v) is 0.840. The minimum absolute atomic E-state index is 0.190. The average Bonchev–Trinajstić information content (AvgIpc) is 2.17. The van der Waals surface area contributed by atoms with Crippen molar-refractivity contribution < 1.29 is 24.2 Å². The fourth-order valence-electron chi connectivity index (χ4n) is 0.684. The number of hydrogen-bond acceptors (Lipinski definition) is 6. The third kappa shape index (κ3) is 6.92. The lowest BCUT2D eigenvalue weighted by Crippen LogP contribution is -2.31. The van der Waals surface area contributed by atoms with Gasteiger partial charge < -0.3 is 15.6 Å². The van der Waals surface area contributed by atoms with E-state index < -0.39 is 12.0 Å². The lowest BCUT2D eigenvalue weighted by Gasteiger charge is -2.06. The predicted octanol–water partition coefficient (Wildman–Crippen LogP) is -0.432. The molecule has 1 aliphatic heterocycles. The number of carbonyl (C=O) groups excluding carboxylic acids is 2. The highest BCUT2D eigenvalue weighted by Gasteiger charge is 2.15. The van der Waals surface area contributed by atoms with Crippen molar-refractivity contribution in [3.8, 4) is 0 Å². The second-order valence-corrected chi connectivity index (χ2v) is 3.19. The molecule has 0 unspecified atom stereocenters. The first kappa shape index (κ1) is 13.9. The smallest absolute Gasteiger partial charge is 0.321 e. The average molecular weight is 235 g/mol. The van der Waals surface area contributed by atoms with Crippen LogP contribution in [0.2, 0.25) is 0 Å². The van der Waals surface area contributed by atoms with Gasteiger partial charge in [-0.2, -0.15) is 12.6 Å². The van der Waals surface area contributed by atoms with Crippen LogP contribution in [0.1, 0.15) is 19.3 Å². The lowest BCUT2D eigenvalue weighted by atomic mass is 10.2. The Labute approximate surface area is 92.2 Å². The zero-order chi connectivity index (χ0) is 11.8. The standard InChI is InChI=1S/C5H6O3.C3H7NO2S/c6-4-2-1-3-5(7)8-4;4-2(1-7)3(5)6/h1-3H2;2,7H,1,4H2,(H,5,6)/t;2-/m.0/s1. The van der Waals surface area contributed by atoms with E-state index in [0.29, 0.717) is 19.3 Å². The van der Waals surface area contributed by atoms with Gasteiger partial charge in [-0.05, 0) is 6.42 Å². The molecule has 0 aromatic carbocycles. The first-order chi connectivity index (χ1) is 6.97. The van der Waals surface area contributed by atoms with Crippen LogP contribution in [0.5, 0.6) is 0 Å². The molecule has 0 aromatic rings. The number of cyclic esters (lactones) is 2. The van der Waals surface area contributed by atoms with Gasteiger partial charge in [0.2, 0.25) is 0 Å². The van der Waals surface area contributed by atoms with Gasteiger partial charge in [0.25, 0.3) is 0 Å². The van der Waals surface area contributed by atoms with E-state index in [0.717, 1.165) is 0 Å². The topological polar surface area (TPSA) is 107 Å². The summed E-state index contributed by atoms with van der Waals surface area (Å²) < 4.78 is 4.21. The monoisotopic (exact) mass is 235 g/mol. The molecule has 1 rings (SSSR count). The van der Waals surface area contributed by atoms with E-state index in [2.05, 4.69) is 17.4 Å². The Bertz CT molecular complexity index is 241. The molecular formula is C8H13NO5S. The number of carboxylic acids is 1. The van der Waals surface area contributed by atoms with Gasteiger partial charge in [-0.3, -0.25) is 14.4 Å². The number of rotatable bonds is 2. The van der Waals surface area contributed by atoms with Gasteiger partial charge in [0.15, 0.2) is 0 Å². The minimum Gasteiger partial charge on any atom is -0.480 e. The van der Waals surface area contributed by atoms with E-state index in [4.69, 9.17) is 10.8 Å².